The van der Waals surface area contributed by atoms with E-state index in [0.29, 0.717) is 19.0 Å². The number of anilines is 1. The van der Waals surface area contributed by atoms with E-state index >= 15 is 0 Å². The maximum Gasteiger partial charge on any atom is 0.257 e. The van der Waals surface area contributed by atoms with Gasteiger partial charge in [-0.15, -0.1) is 0 Å². The third-order valence-corrected chi connectivity index (χ3v) is 3.17. The molecular formula is C12H14F2N2O2. The Morgan fingerprint density at radius 2 is 2.17 bits per heavy atom. The molecule has 4 nitrogen and oxygen atoms in total. The predicted octanol–water partition coefficient (Wildman–Crippen LogP) is 1.14. The lowest BCUT2D eigenvalue weighted by Crippen LogP contribution is -2.38. The molecule has 1 saturated heterocycles. The van der Waals surface area contributed by atoms with Crippen molar-refractivity contribution in [3.05, 3.63) is 29.3 Å². The molecule has 6 heteroatoms. The number of aliphatic hydroxyl groups excluding tert-OH is 1. The van der Waals surface area contributed by atoms with E-state index in [4.69, 9.17) is 10.8 Å². The number of nitrogen functional groups attached to an aromatic ring is 1. The Bertz CT molecular complexity index is 479. The van der Waals surface area contributed by atoms with Gasteiger partial charge in [-0.25, -0.2) is 8.78 Å². The first kappa shape index (κ1) is 12.8. The van der Waals surface area contributed by atoms with Gasteiger partial charge >= 0.3 is 0 Å². The van der Waals surface area contributed by atoms with E-state index in [1.807, 2.05) is 0 Å². The highest BCUT2D eigenvalue weighted by molar-refractivity contribution is 5.95. The van der Waals surface area contributed by atoms with E-state index in [2.05, 4.69) is 0 Å². The maximum absolute atomic E-state index is 13.6. The number of nitrogens with two attached hydrogens (primary N) is 1. The zero-order chi connectivity index (χ0) is 13.3. The van der Waals surface area contributed by atoms with Crippen LogP contribution in [0.25, 0.3) is 0 Å². The topological polar surface area (TPSA) is 66.6 Å². The number of rotatable bonds is 2. The molecular weight excluding hydrogens is 242 g/mol. The van der Waals surface area contributed by atoms with Crippen molar-refractivity contribution in [3.8, 4) is 0 Å². The molecule has 0 saturated carbocycles. The Labute approximate surface area is 103 Å². The quantitative estimate of drug-likeness (QED) is 0.780. The van der Waals surface area contributed by atoms with Crippen LogP contribution in [-0.2, 0) is 0 Å². The van der Waals surface area contributed by atoms with Crippen LogP contribution in [0.4, 0.5) is 14.5 Å². The standard InChI is InChI=1S/C12H14F2N2O2/c13-9-5-10(14)11(15)4-8(9)12(18)16-3-1-2-7(16)6-17/h4-5,7,17H,1-3,6,15H2/t7-/m0/s1. The van der Waals surface area contributed by atoms with Gasteiger partial charge in [0.1, 0.15) is 11.6 Å². The average Bonchev–Trinajstić information content (AvgIpc) is 2.81. The molecule has 2 rings (SSSR count). The summed E-state index contributed by atoms with van der Waals surface area (Å²) in [5, 5.41) is 9.13. The highest BCUT2D eigenvalue weighted by Gasteiger charge is 2.30. The van der Waals surface area contributed by atoms with Gasteiger partial charge in [0.05, 0.1) is 23.9 Å². The highest BCUT2D eigenvalue weighted by Crippen LogP contribution is 2.23. The van der Waals surface area contributed by atoms with Gasteiger partial charge in [-0.3, -0.25) is 4.79 Å². The molecule has 1 fully saturated rings. The summed E-state index contributed by atoms with van der Waals surface area (Å²) in [6.07, 6.45) is 1.44. The number of hydrogen-bond acceptors (Lipinski definition) is 3. The van der Waals surface area contributed by atoms with Crippen LogP contribution in [0, 0.1) is 11.6 Å². The van der Waals surface area contributed by atoms with Crippen LogP contribution in [0.1, 0.15) is 23.2 Å². The number of benzene rings is 1. The molecule has 0 bridgehead atoms. The van der Waals surface area contributed by atoms with Crippen molar-refractivity contribution < 1.29 is 18.7 Å². The van der Waals surface area contributed by atoms with Crippen molar-refractivity contribution in [3.63, 3.8) is 0 Å². The second-order valence-electron chi connectivity index (χ2n) is 4.33. The summed E-state index contributed by atoms with van der Waals surface area (Å²) in [4.78, 5) is 13.5. The molecule has 1 atom stereocenters. The minimum atomic E-state index is -0.935. The smallest absolute Gasteiger partial charge is 0.257 e. The van der Waals surface area contributed by atoms with E-state index in [0.717, 1.165) is 12.5 Å². The van der Waals surface area contributed by atoms with Crippen LogP contribution in [-0.4, -0.2) is 35.1 Å². The lowest BCUT2D eigenvalue weighted by Gasteiger charge is -2.23. The molecule has 18 heavy (non-hydrogen) atoms. The molecule has 98 valence electrons. The van der Waals surface area contributed by atoms with E-state index in [1.165, 1.54) is 4.90 Å². The van der Waals surface area contributed by atoms with Crippen LogP contribution >= 0.6 is 0 Å². The lowest BCUT2D eigenvalue weighted by molar-refractivity contribution is 0.0673. The first-order valence-electron chi connectivity index (χ1n) is 5.71. The lowest BCUT2D eigenvalue weighted by atomic mass is 10.1. The molecule has 3 N–H and O–H groups in total. The minimum Gasteiger partial charge on any atom is -0.396 e. The third kappa shape index (κ3) is 2.15. The Morgan fingerprint density at radius 1 is 1.44 bits per heavy atom. The van der Waals surface area contributed by atoms with Crippen LogP contribution in [0.15, 0.2) is 12.1 Å². The zero-order valence-electron chi connectivity index (χ0n) is 9.70. The van der Waals surface area contributed by atoms with Gasteiger partial charge in [0.15, 0.2) is 0 Å². The highest BCUT2D eigenvalue weighted by atomic mass is 19.1. The van der Waals surface area contributed by atoms with Gasteiger partial charge in [-0.1, -0.05) is 0 Å². The van der Waals surface area contributed by atoms with Crippen molar-refractivity contribution in [2.45, 2.75) is 18.9 Å². The van der Waals surface area contributed by atoms with E-state index in [1.54, 1.807) is 0 Å². The Hall–Kier alpha value is -1.69. The van der Waals surface area contributed by atoms with Gasteiger partial charge in [0, 0.05) is 12.6 Å². The first-order chi connectivity index (χ1) is 8.54. The monoisotopic (exact) mass is 256 g/mol. The maximum atomic E-state index is 13.6. The number of halogens is 2. The van der Waals surface area contributed by atoms with E-state index < -0.39 is 17.5 Å². The van der Waals surface area contributed by atoms with Crippen molar-refractivity contribution in [1.29, 1.82) is 0 Å². The normalized spacial score (nSPS) is 19.3. The molecule has 1 aliphatic rings. The van der Waals surface area contributed by atoms with Gasteiger partial charge in [0.2, 0.25) is 0 Å². The van der Waals surface area contributed by atoms with Crippen molar-refractivity contribution >= 4 is 11.6 Å². The van der Waals surface area contributed by atoms with Gasteiger partial charge in [-0.05, 0) is 18.9 Å². The SMILES string of the molecule is Nc1cc(C(=O)N2CCC[C@H]2CO)c(F)cc1F. The number of amides is 1. The minimum absolute atomic E-state index is 0.163. The summed E-state index contributed by atoms with van der Waals surface area (Å²) in [5.74, 6) is -2.38. The van der Waals surface area contributed by atoms with Gasteiger partial charge in [-0.2, -0.15) is 0 Å². The fourth-order valence-electron chi connectivity index (χ4n) is 2.18. The molecule has 1 amide bonds. The number of carbonyl (C=O) groups is 1. The molecule has 0 aromatic heterocycles. The van der Waals surface area contributed by atoms with Crippen LogP contribution in [0.5, 0.6) is 0 Å². The number of aliphatic hydroxyl groups is 1. The largest absolute Gasteiger partial charge is 0.396 e. The second-order valence-corrected chi connectivity index (χ2v) is 4.33. The molecule has 0 aliphatic carbocycles. The molecule has 0 unspecified atom stereocenters. The molecule has 0 radical (unpaired) electrons. The molecule has 0 spiro atoms. The summed E-state index contributed by atoms with van der Waals surface area (Å²) in [6.45, 7) is 0.296. The summed E-state index contributed by atoms with van der Waals surface area (Å²) in [6, 6.07) is 1.30. The summed E-state index contributed by atoms with van der Waals surface area (Å²) in [5.41, 5.74) is 4.81. The molecule has 1 heterocycles. The van der Waals surface area contributed by atoms with Crippen LogP contribution in [0.3, 0.4) is 0 Å². The number of hydrogen-bond donors (Lipinski definition) is 2. The molecule has 1 aliphatic heterocycles. The van der Waals surface area contributed by atoms with E-state index in [9.17, 15) is 13.6 Å². The number of likely N-dealkylation sites (tertiary alicyclic amines) is 1. The summed E-state index contributed by atoms with van der Waals surface area (Å²) in [7, 11) is 0. The van der Waals surface area contributed by atoms with Crippen LogP contribution in [0.2, 0.25) is 0 Å². The first-order valence-corrected chi connectivity index (χ1v) is 5.71. The van der Waals surface area contributed by atoms with Gasteiger partial charge < -0.3 is 15.7 Å². The van der Waals surface area contributed by atoms with Crippen molar-refractivity contribution in [1.82, 2.24) is 4.90 Å². The van der Waals surface area contributed by atoms with Crippen LogP contribution < -0.4 is 5.73 Å². The fraction of sp³-hybridized carbons (Fsp3) is 0.417. The van der Waals surface area contributed by atoms with E-state index in [-0.39, 0.29) is 23.9 Å². The molecule has 1 aromatic rings. The fourth-order valence-corrected chi connectivity index (χ4v) is 2.18. The van der Waals surface area contributed by atoms with Crippen molar-refractivity contribution in [2.75, 3.05) is 18.9 Å². The predicted molar refractivity (Wildman–Crippen MR) is 61.9 cm³/mol. The molecule has 1 aromatic carbocycles. The van der Waals surface area contributed by atoms with Gasteiger partial charge in [0.25, 0.3) is 5.91 Å². The summed E-state index contributed by atoms with van der Waals surface area (Å²) >= 11 is 0. The van der Waals surface area contributed by atoms with Crippen molar-refractivity contribution in [2.24, 2.45) is 0 Å². The third-order valence-electron chi connectivity index (χ3n) is 3.17. The number of carbonyl (C=O) groups excluding carboxylic acids is 1. The second kappa shape index (κ2) is 4.89. The summed E-state index contributed by atoms with van der Waals surface area (Å²) < 4.78 is 26.6. The average molecular weight is 256 g/mol. The number of nitrogens with zero attached hydrogens (tertiary/aromatic N) is 1. The Kier molecular flexibility index (Phi) is 3.47. The Morgan fingerprint density at radius 3 is 2.83 bits per heavy atom. The Balaban J connectivity index is 2.31. The zero-order valence-corrected chi connectivity index (χ0v) is 9.70.